The fraction of sp³-hybridized carbons (Fsp3) is 0.692. The lowest BCUT2D eigenvalue weighted by molar-refractivity contribution is 0.211. The third-order valence-corrected chi connectivity index (χ3v) is 3.89. The van der Waals surface area contributed by atoms with Crippen molar-refractivity contribution in [3.63, 3.8) is 0 Å². The molecule has 1 saturated heterocycles. The van der Waals surface area contributed by atoms with Gasteiger partial charge in [0, 0.05) is 26.2 Å². The van der Waals surface area contributed by atoms with E-state index in [9.17, 15) is 0 Å². The van der Waals surface area contributed by atoms with Crippen molar-refractivity contribution >= 4 is 17.4 Å². The topological polar surface area (TPSA) is 32.3 Å². The van der Waals surface area contributed by atoms with Crippen LogP contribution in [0.4, 0.5) is 5.82 Å². The summed E-state index contributed by atoms with van der Waals surface area (Å²) in [4.78, 5) is 12.9. The molecular formula is C13H21ClN4. The first-order chi connectivity index (χ1) is 8.72. The van der Waals surface area contributed by atoms with Crippen LogP contribution in [0, 0.1) is 0 Å². The van der Waals surface area contributed by atoms with E-state index in [1.807, 2.05) is 0 Å². The van der Waals surface area contributed by atoms with Crippen molar-refractivity contribution in [2.45, 2.75) is 32.2 Å². The maximum atomic E-state index is 6.14. The van der Waals surface area contributed by atoms with Crippen LogP contribution >= 0.6 is 11.6 Å². The smallest absolute Gasteiger partial charge is 0.150 e. The van der Waals surface area contributed by atoms with Crippen molar-refractivity contribution in [3.05, 3.63) is 17.5 Å². The molecule has 1 aliphatic rings. The number of nitrogens with zero attached hydrogens (tertiary/aromatic N) is 4. The van der Waals surface area contributed by atoms with Crippen LogP contribution < -0.4 is 4.90 Å². The Morgan fingerprint density at radius 2 is 2.17 bits per heavy atom. The summed E-state index contributed by atoms with van der Waals surface area (Å²) >= 11 is 6.14. The lowest BCUT2D eigenvalue weighted by atomic mass is 10.0. The van der Waals surface area contributed by atoms with Crippen molar-refractivity contribution in [2.24, 2.45) is 0 Å². The molecule has 1 aromatic rings. The van der Waals surface area contributed by atoms with Gasteiger partial charge in [0.25, 0.3) is 0 Å². The highest BCUT2D eigenvalue weighted by molar-refractivity contribution is 6.32. The lowest BCUT2D eigenvalue weighted by Crippen LogP contribution is -2.44. The molecule has 0 radical (unpaired) electrons. The van der Waals surface area contributed by atoms with Crippen LogP contribution in [-0.2, 0) is 0 Å². The minimum Gasteiger partial charge on any atom is -0.355 e. The van der Waals surface area contributed by atoms with Gasteiger partial charge in [-0.05, 0) is 25.8 Å². The van der Waals surface area contributed by atoms with E-state index in [4.69, 9.17) is 11.6 Å². The summed E-state index contributed by atoms with van der Waals surface area (Å²) in [5.74, 6) is 0.848. The highest BCUT2D eigenvalue weighted by Gasteiger charge is 2.23. The van der Waals surface area contributed by atoms with Crippen LogP contribution in [0.2, 0.25) is 5.02 Å². The van der Waals surface area contributed by atoms with Crippen molar-refractivity contribution in [1.82, 2.24) is 14.9 Å². The molecule has 0 N–H and O–H groups in total. The zero-order chi connectivity index (χ0) is 13.0. The van der Waals surface area contributed by atoms with Gasteiger partial charge in [0.2, 0.25) is 0 Å². The van der Waals surface area contributed by atoms with Gasteiger partial charge in [-0.1, -0.05) is 18.5 Å². The van der Waals surface area contributed by atoms with Crippen molar-refractivity contribution in [1.29, 1.82) is 0 Å². The Bertz CT molecular complexity index is 377. The quantitative estimate of drug-likeness (QED) is 0.840. The molecule has 1 aromatic heterocycles. The fourth-order valence-corrected chi connectivity index (χ4v) is 2.82. The normalized spacial score (nSPS) is 17.9. The van der Waals surface area contributed by atoms with Crippen molar-refractivity contribution in [3.8, 4) is 0 Å². The van der Waals surface area contributed by atoms with E-state index in [2.05, 4.69) is 33.7 Å². The minimum atomic E-state index is 0.533. The van der Waals surface area contributed by atoms with Crippen LogP contribution in [0.25, 0.3) is 0 Å². The van der Waals surface area contributed by atoms with E-state index >= 15 is 0 Å². The summed E-state index contributed by atoms with van der Waals surface area (Å²) < 4.78 is 0. The number of hydrogen-bond acceptors (Lipinski definition) is 4. The predicted molar refractivity (Wildman–Crippen MR) is 75.2 cm³/mol. The molecule has 0 amide bonds. The average Bonchev–Trinajstić information content (AvgIpc) is 2.40. The number of piperidine rings is 1. The Hall–Kier alpha value is -0.870. The molecule has 100 valence electrons. The second kappa shape index (κ2) is 6.34. The predicted octanol–water partition coefficient (Wildman–Crippen LogP) is 2.44. The maximum Gasteiger partial charge on any atom is 0.150 e. The van der Waals surface area contributed by atoms with E-state index in [-0.39, 0.29) is 0 Å². The number of likely N-dealkylation sites (tertiary alicyclic amines) is 1. The largest absolute Gasteiger partial charge is 0.355 e. The summed E-state index contributed by atoms with van der Waals surface area (Å²) in [5.41, 5.74) is 0. The summed E-state index contributed by atoms with van der Waals surface area (Å²) in [6.45, 7) is 5.79. The van der Waals surface area contributed by atoms with Gasteiger partial charge in [-0.3, -0.25) is 0 Å². The molecule has 0 atom stereocenters. The summed E-state index contributed by atoms with van der Waals surface area (Å²) in [6, 6.07) is 0.533. The van der Waals surface area contributed by atoms with E-state index < -0.39 is 0 Å². The molecule has 0 bridgehead atoms. The van der Waals surface area contributed by atoms with Crippen LogP contribution in [-0.4, -0.2) is 47.6 Å². The number of hydrogen-bond donors (Lipinski definition) is 0. The molecule has 0 saturated carbocycles. The molecule has 2 rings (SSSR count). The number of halogens is 1. The SMILES string of the molecule is CCCN1CCC(N(C)c2ncncc2Cl)CC1. The molecule has 0 unspecified atom stereocenters. The molecule has 2 heterocycles. The van der Waals surface area contributed by atoms with Gasteiger partial charge in [-0.15, -0.1) is 0 Å². The Morgan fingerprint density at radius 1 is 1.44 bits per heavy atom. The molecule has 5 heteroatoms. The molecule has 18 heavy (non-hydrogen) atoms. The molecule has 0 spiro atoms. The summed E-state index contributed by atoms with van der Waals surface area (Å²) in [6.07, 6.45) is 6.81. The minimum absolute atomic E-state index is 0.533. The zero-order valence-electron chi connectivity index (χ0n) is 11.1. The Labute approximate surface area is 114 Å². The Kier molecular flexibility index (Phi) is 4.78. The standard InChI is InChI=1S/C13H21ClN4/c1-3-6-18-7-4-11(5-8-18)17(2)13-12(14)9-15-10-16-13/h9-11H,3-8H2,1-2H3. The zero-order valence-corrected chi connectivity index (χ0v) is 11.9. The second-order valence-electron chi connectivity index (χ2n) is 4.88. The van der Waals surface area contributed by atoms with Gasteiger partial charge >= 0.3 is 0 Å². The fourth-order valence-electron chi connectivity index (χ4n) is 2.59. The highest BCUT2D eigenvalue weighted by Crippen LogP contribution is 2.25. The van der Waals surface area contributed by atoms with Crippen LogP contribution in [0.5, 0.6) is 0 Å². The first-order valence-electron chi connectivity index (χ1n) is 6.63. The van der Waals surface area contributed by atoms with Gasteiger partial charge in [0.15, 0.2) is 5.82 Å². The van der Waals surface area contributed by atoms with Gasteiger partial charge in [-0.25, -0.2) is 9.97 Å². The highest BCUT2D eigenvalue weighted by atomic mass is 35.5. The van der Waals surface area contributed by atoms with E-state index in [1.54, 1.807) is 12.5 Å². The lowest BCUT2D eigenvalue weighted by Gasteiger charge is -2.37. The van der Waals surface area contributed by atoms with Crippen molar-refractivity contribution in [2.75, 3.05) is 31.6 Å². The Balaban J connectivity index is 1.95. The molecular weight excluding hydrogens is 248 g/mol. The summed E-state index contributed by atoms with van der Waals surface area (Å²) in [7, 11) is 2.08. The molecule has 0 aromatic carbocycles. The van der Waals surface area contributed by atoms with Crippen LogP contribution in [0.15, 0.2) is 12.5 Å². The Morgan fingerprint density at radius 3 is 2.78 bits per heavy atom. The van der Waals surface area contributed by atoms with Crippen LogP contribution in [0.1, 0.15) is 26.2 Å². The number of aromatic nitrogens is 2. The van der Waals surface area contributed by atoms with Crippen LogP contribution in [0.3, 0.4) is 0 Å². The first-order valence-corrected chi connectivity index (χ1v) is 7.01. The molecule has 4 nitrogen and oxygen atoms in total. The maximum absolute atomic E-state index is 6.14. The third kappa shape index (κ3) is 3.12. The van der Waals surface area contributed by atoms with Crippen molar-refractivity contribution < 1.29 is 0 Å². The molecule has 1 aliphatic heterocycles. The molecule has 0 aliphatic carbocycles. The summed E-state index contributed by atoms with van der Waals surface area (Å²) in [5, 5.41) is 0.635. The number of anilines is 1. The van der Waals surface area contributed by atoms with E-state index in [1.165, 1.54) is 38.9 Å². The van der Waals surface area contributed by atoms with Gasteiger partial charge in [0.1, 0.15) is 11.3 Å². The average molecular weight is 269 g/mol. The van der Waals surface area contributed by atoms with E-state index in [0.717, 1.165) is 5.82 Å². The monoisotopic (exact) mass is 268 g/mol. The number of rotatable bonds is 4. The third-order valence-electron chi connectivity index (χ3n) is 3.63. The van der Waals surface area contributed by atoms with E-state index in [0.29, 0.717) is 11.1 Å². The second-order valence-corrected chi connectivity index (χ2v) is 5.29. The first kappa shape index (κ1) is 13.6. The van der Waals surface area contributed by atoms with Gasteiger partial charge in [-0.2, -0.15) is 0 Å². The molecule has 1 fully saturated rings. The van der Waals surface area contributed by atoms with Gasteiger partial charge in [0.05, 0.1) is 6.20 Å². The van der Waals surface area contributed by atoms with Gasteiger partial charge < -0.3 is 9.80 Å².